The van der Waals surface area contributed by atoms with Gasteiger partial charge in [0.15, 0.2) is 6.10 Å². The van der Waals surface area contributed by atoms with Crippen LogP contribution in [-0.2, 0) is 32.7 Å². The molecular formula is C64H106NO8P. The van der Waals surface area contributed by atoms with E-state index in [2.05, 4.69) is 148 Å². The first-order valence-electron chi connectivity index (χ1n) is 28.9. The lowest BCUT2D eigenvalue weighted by molar-refractivity contribution is -0.870. The average Bonchev–Trinajstić information content (AvgIpc) is 3.36. The van der Waals surface area contributed by atoms with Crippen LogP contribution in [0.3, 0.4) is 0 Å². The molecule has 0 saturated heterocycles. The van der Waals surface area contributed by atoms with Crippen LogP contribution in [0.1, 0.15) is 206 Å². The highest BCUT2D eigenvalue weighted by Crippen LogP contribution is 2.38. The minimum absolute atomic E-state index is 0.0384. The molecule has 74 heavy (non-hydrogen) atoms. The Morgan fingerprint density at radius 1 is 0.432 bits per heavy atom. The minimum Gasteiger partial charge on any atom is -0.756 e. The molecule has 0 aliphatic heterocycles. The molecule has 0 aromatic heterocycles. The van der Waals surface area contributed by atoms with Gasteiger partial charge >= 0.3 is 11.9 Å². The number of quaternary nitrogens is 1. The fourth-order valence-electron chi connectivity index (χ4n) is 7.25. The van der Waals surface area contributed by atoms with E-state index >= 15 is 0 Å². The number of allylic oxidation sites excluding steroid dienone is 22. The van der Waals surface area contributed by atoms with Gasteiger partial charge in [0.05, 0.1) is 27.7 Å². The number of carbonyl (C=O) groups excluding carboxylic acids is 2. The molecule has 2 unspecified atom stereocenters. The van der Waals surface area contributed by atoms with Crippen LogP contribution in [0.25, 0.3) is 0 Å². The third-order valence-electron chi connectivity index (χ3n) is 11.7. The lowest BCUT2D eigenvalue weighted by atomic mass is 10.1. The van der Waals surface area contributed by atoms with Crippen molar-refractivity contribution < 1.29 is 42.1 Å². The van der Waals surface area contributed by atoms with E-state index in [-0.39, 0.29) is 26.1 Å². The number of hydrogen-bond acceptors (Lipinski definition) is 8. The topological polar surface area (TPSA) is 111 Å². The zero-order valence-corrected chi connectivity index (χ0v) is 48.4. The van der Waals surface area contributed by atoms with E-state index in [0.29, 0.717) is 17.4 Å². The lowest BCUT2D eigenvalue weighted by Gasteiger charge is -2.28. The van der Waals surface area contributed by atoms with E-state index in [9.17, 15) is 19.0 Å². The second-order valence-corrected chi connectivity index (χ2v) is 21.3. The van der Waals surface area contributed by atoms with Crippen LogP contribution >= 0.6 is 7.82 Å². The average molecular weight is 1050 g/mol. The Kier molecular flexibility index (Phi) is 51.2. The largest absolute Gasteiger partial charge is 0.756 e. The molecule has 0 N–H and O–H groups in total. The zero-order chi connectivity index (χ0) is 54.2. The maximum absolute atomic E-state index is 12.7. The summed E-state index contributed by atoms with van der Waals surface area (Å²) in [5.74, 6) is -0.858. The van der Waals surface area contributed by atoms with Crippen molar-refractivity contribution in [2.75, 3.05) is 47.5 Å². The molecule has 0 aromatic rings. The standard InChI is InChI=1S/C64H106NO8P/c1-6-8-10-12-14-16-17-18-19-20-21-22-23-24-25-26-27-28-29-30-31-32-33-34-35-36-37-38-39-40-41-42-43-44-45-46-47-49-51-53-55-57-64(67)73-62(61-72-74(68,69)71-59-58-65(3,4)5)60-70-63(66)56-54-52-50-48-15-13-11-9-7-2/h8,10,14,16,18-19,21-22,24-25,27-28,30-31,33-34,36-37,39-40,42-43,62H,6-7,9,11-13,15,17,20,23,26,29,32,35,38,41,44-61H2,1-5H3/b10-8-,16-14-,19-18-,22-21-,25-24-,28-27-,31-30-,34-33-,37-36-,40-39-,43-42-. The highest BCUT2D eigenvalue weighted by Gasteiger charge is 2.21. The molecule has 9 nitrogen and oxygen atoms in total. The summed E-state index contributed by atoms with van der Waals surface area (Å²) in [5.41, 5.74) is 0. The zero-order valence-electron chi connectivity index (χ0n) is 47.5. The van der Waals surface area contributed by atoms with Crippen LogP contribution in [0.15, 0.2) is 134 Å². The van der Waals surface area contributed by atoms with Gasteiger partial charge in [-0.05, 0) is 96.3 Å². The van der Waals surface area contributed by atoms with E-state index < -0.39 is 32.5 Å². The van der Waals surface area contributed by atoms with Crippen molar-refractivity contribution in [2.24, 2.45) is 0 Å². The number of hydrogen-bond donors (Lipinski definition) is 0. The Hall–Kier alpha value is -3.85. The smallest absolute Gasteiger partial charge is 0.306 e. The molecule has 0 bridgehead atoms. The summed E-state index contributed by atoms with van der Waals surface area (Å²) >= 11 is 0. The van der Waals surface area contributed by atoms with Crippen LogP contribution in [-0.4, -0.2) is 70.0 Å². The molecule has 0 spiro atoms. The fourth-order valence-corrected chi connectivity index (χ4v) is 7.98. The summed E-state index contributed by atoms with van der Waals surface area (Å²) < 4.78 is 33.9. The van der Waals surface area contributed by atoms with Crippen molar-refractivity contribution in [2.45, 2.75) is 213 Å². The Labute approximate surface area is 453 Å². The Balaban J connectivity index is 4.07. The van der Waals surface area contributed by atoms with Crippen LogP contribution < -0.4 is 4.89 Å². The van der Waals surface area contributed by atoms with E-state index in [0.717, 1.165) is 122 Å². The second kappa shape index (κ2) is 54.0. The maximum Gasteiger partial charge on any atom is 0.306 e. The molecule has 0 saturated carbocycles. The Morgan fingerprint density at radius 3 is 1.15 bits per heavy atom. The summed E-state index contributed by atoms with van der Waals surface area (Å²) in [6, 6.07) is 0. The summed E-state index contributed by atoms with van der Waals surface area (Å²) in [7, 11) is 1.14. The third-order valence-corrected chi connectivity index (χ3v) is 12.6. The summed E-state index contributed by atoms with van der Waals surface area (Å²) in [6.07, 6.45) is 78.1. The molecule has 10 heteroatoms. The van der Waals surface area contributed by atoms with Gasteiger partial charge in [0.25, 0.3) is 7.82 Å². The molecule has 2 atom stereocenters. The molecule has 0 aliphatic carbocycles. The summed E-state index contributed by atoms with van der Waals surface area (Å²) in [5, 5.41) is 0. The monoisotopic (exact) mass is 1050 g/mol. The second-order valence-electron chi connectivity index (χ2n) is 19.9. The quantitative estimate of drug-likeness (QED) is 0.0195. The van der Waals surface area contributed by atoms with Crippen LogP contribution in [0.2, 0.25) is 0 Å². The van der Waals surface area contributed by atoms with Gasteiger partial charge in [0.1, 0.15) is 19.8 Å². The normalized spacial score (nSPS) is 14.3. The van der Waals surface area contributed by atoms with Crippen molar-refractivity contribution in [3.05, 3.63) is 134 Å². The van der Waals surface area contributed by atoms with Gasteiger partial charge in [-0.25, -0.2) is 0 Å². The highest BCUT2D eigenvalue weighted by molar-refractivity contribution is 7.45. The molecule has 420 valence electrons. The number of phosphoric ester groups is 1. The number of unbranched alkanes of at least 4 members (excludes halogenated alkanes) is 15. The number of likely N-dealkylation sites (N-methyl/N-ethyl adjacent to an activating group) is 1. The number of phosphoric acid groups is 1. The van der Waals surface area contributed by atoms with Gasteiger partial charge in [-0.15, -0.1) is 0 Å². The third kappa shape index (κ3) is 57.4. The van der Waals surface area contributed by atoms with Crippen molar-refractivity contribution in [3.63, 3.8) is 0 Å². The molecule has 0 aliphatic rings. The Bertz CT molecular complexity index is 1710. The van der Waals surface area contributed by atoms with Gasteiger partial charge < -0.3 is 27.9 Å². The van der Waals surface area contributed by atoms with E-state index in [4.69, 9.17) is 18.5 Å². The molecule has 0 heterocycles. The first-order chi connectivity index (χ1) is 36.0. The van der Waals surface area contributed by atoms with E-state index in [1.165, 1.54) is 51.4 Å². The fraction of sp³-hybridized carbons (Fsp3) is 0.625. The maximum atomic E-state index is 12.7. The predicted octanol–water partition coefficient (Wildman–Crippen LogP) is 17.5. The molecule has 0 fully saturated rings. The van der Waals surface area contributed by atoms with Gasteiger partial charge in [-0.1, -0.05) is 231 Å². The van der Waals surface area contributed by atoms with Crippen LogP contribution in [0, 0.1) is 0 Å². The molecule has 0 rings (SSSR count). The Morgan fingerprint density at radius 2 is 0.770 bits per heavy atom. The number of carbonyl (C=O) groups is 2. The van der Waals surface area contributed by atoms with Crippen molar-refractivity contribution >= 4 is 19.8 Å². The molecular weight excluding hydrogens is 942 g/mol. The van der Waals surface area contributed by atoms with Gasteiger partial charge in [0, 0.05) is 12.8 Å². The van der Waals surface area contributed by atoms with Crippen molar-refractivity contribution in [3.8, 4) is 0 Å². The van der Waals surface area contributed by atoms with Crippen molar-refractivity contribution in [1.82, 2.24) is 0 Å². The van der Waals surface area contributed by atoms with Crippen LogP contribution in [0.5, 0.6) is 0 Å². The van der Waals surface area contributed by atoms with Gasteiger partial charge in [-0.2, -0.15) is 0 Å². The lowest BCUT2D eigenvalue weighted by Crippen LogP contribution is -2.37. The number of ether oxygens (including phenoxy) is 2. The molecule has 0 aromatic carbocycles. The minimum atomic E-state index is -4.64. The molecule has 0 amide bonds. The van der Waals surface area contributed by atoms with Gasteiger partial charge in [0.2, 0.25) is 0 Å². The first kappa shape index (κ1) is 70.1. The van der Waals surface area contributed by atoms with Crippen LogP contribution in [0.4, 0.5) is 0 Å². The summed E-state index contributed by atoms with van der Waals surface area (Å²) in [4.78, 5) is 37.6. The number of esters is 2. The molecule has 0 radical (unpaired) electrons. The number of rotatable bonds is 51. The van der Waals surface area contributed by atoms with Crippen molar-refractivity contribution in [1.29, 1.82) is 0 Å². The summed E-state index contributed by atoms with van der Waals surface area (Å²) in [6.45, 7) is 4.06. The number of nitrogens with zero attached hydrogens (tertiary/aromatic N) is 1. The predicted molar refractivity (Wildman–Crippen MR) is 314 cm³/mol. The SMILES string of the molecule is CC/C=C\C/C=C\C/C=C\C/C=C\C/C=C\C/C=C\C/C=C\C/C=C\C/C=C\C/C=C\C/C=C\CCCCCCCCCC(=O)OC(COC(=O)CCCCCCCCCCC)COP(=O)([O-])OCC[N+](C)(C)C. The van der Waals surface area contributed by atoms with E-state index in [1.807, 2.05) is 21.1 Å². The van der Waals surface area contributed by atoms with E-state index in [1.54, 1.807) is 0 Å². The first-order valence-corrected chi connectivity index (χ1v) is 30.4. The highest BCUT2D eigenvalue weighted by atomic mass is 31.2. The van der Waals surface area contributed by atoms with Gasteiger partial charge in [-0.3, -0.25) is 14.2 Å².